The van der Waals surface area contributed by atoms with E-state index >= 15 is 0 Å². The van der Waals surface area contributed by atoms with Gasteiger partial charge in [-0.05, 0) is 6.08 Å². The van der Waals surface area contributed by atoms with Crippen molar-refractivity contribution in [2.45, 2.75) is 11.2 Å². The number of carbonyl (C=O) groups is 2. The molecule has 0 saturated carbocycles. The fourth-order valence-corrected chi connectivity index (χ4v) is 1.92. The predicted octanol–water partition coefficient (Wildman–Crippen LogP) is 0.183. The van der Waals surface area contributed by atoms with Crippen molar-refractivity contribution in [1.29, 1.82) is 0 Å². The molecule has 1 aliphatic heterocycles. The van der Waals surface area contributed by atoms with Gasteiger partial charge in [-0.3, -0.25) is 4.90 Å². The second kappa shape index (κ2) is 4.38. The van der Waals surface area contributed by atoms with Crippen molar-refractivity contribution in [3.05, 3.63) is 12.2 Å². The lowest BCUT2D eigenvalue weighted by molar-refractivity contribution is -0.163. The molecule has 0 aliphatic carbocycles. The van der Waals surface area contributed by atoms with Crippen molar-refractivity contribution >= 4 is 22.2 Å². The summed E-state index contributed by atoms with van der Waals surface area (Å²) in [7, 11) is -6.29. The number of amides is 1. The SMILES string of the molecule is O=C(O)N1CC=CC1(OS(=O)(=O)C(F)(F)F)C(=O)O. The zero-order chi connectivity index (χ0) is 15.1. The van der Waals surface area contributed by atoms with Gasteiger partial charge in [-0.25, -0.2) is 13.8 Å². The maximum absolute atomic E-state index is 12.2. The van der Waals surface area contributed by atoms with Gasteiger partial charge in [0.1, 0.15) is 0 Å². The van der Waals surface area contributed by atoms with Crippen molar-refractivity contribution in [3.8, 4) is 0 Å². The fraction of sp³-hybridized carbons (Fsp3) is 0.429. The minimum atomic E-state index is -6.29. The molecule has 1 atom stereocenters. The van der Waals surface area contributed by atoms with E-state index in [0.717, 1.165) is 6.08 Å². The molecule has 1 amide bonds. The molecule has 0 aromatic heterocycles. The van der Waals surface area contributed by atoms with E-state index in [0.29, 0.717) is 6.08 Å². The highest BCUT2D eigenvalue weighted by Crippen LogP contribution is 2.33. The lowest BCUT2D eigenvalue weighted by atomic mass is 10.2. The van der Waals surface area contributed by atoms with Crippen molar-refractivity contribution in [2.75, 3.05) is 6.54 Å². The van der Waals surface area contributed by atoms with Crippen molar-refractivity contribution in [3.63, 3.8) is 0 Å². The summed E-state index contributed by atoms with van der Waals surface area (Å²) in [4.78, 5) is 21.6. The van der Waals surface area contributed by atoms with Crippen LogP contribution in [0.2, 0.25) is 0 Å². The van der Waals surface area contributed by atoms with Gasteiger partial charge in [-0.2, -0.15) is 21.6 Å². The number of halogens is 3. The summed E-state index contributed by atoms with van der Waals surface area (Å²) < 4.78 is 61.7. The summed E-state index contributed by atoms with van der Waals surface area (Å²) in [6.07, 6.45) is -0.689. The number of carboxylic acids is 1. The normalized spacial score (nSPS) is 23.6. The number of alkyl halides is 3. The molecule has 1 rings (SSSR count). The van der Waals surface area contributed by atoms with Crippen LogP contribution in [0.3, 0.4) is 0 Å². The summed E-state index contributed by atoms with van der Waals surface area (Å²) in [5.41, 5.74) is -9.14. The number of aliphatic carboxylic acids is 1. The Morgan fingerprint density at radius 2 is 1.84 bits per heavy atom. The van der Waals surface area contributed by atoms with Crippen LogP contribution in [0.5, 0.6) is 0 Å². The molecule has 12 heteroatoms. The van der Waals surface area contributed by atoms with Crippen molar-refractivity contribution in [2.24, 2.45) is 0 Å². The molecule has 0 bridgehead atoms. The standard InChI is InChI=1S/C7H6F3NO7S/c8-7(9,10)19(16,17)18-6(4(12)13)2-1-3-11(6)5(14)15/h1-2H,3H2,(H,12,13)(H,14,15). The first-order chi connectivity index (χ1) is 8.44. The van der Waals surface area contributed by atoms with E-state index in [2.05, 4.69) is 4.18 Å². The monoisotopic (exact) mass is 305 g/mol. The summed E-state index contributed by atoms with van der Waals surface area (Å²) in [6.45, 7) is -0.630. The van der Waals surface area contributed by atoms with Crippen LogP contribution in [0, 0.1) is 0 Å². The van der Waals surface area contributed by atoms with Gasteiger partial charge in [0.2, 0.25) is 0 Å². The van der Waals surface area contributed by atoms with Crippen LogP contribution in [0.25, 0.3) is 0 Å². The molecule has 0 radical (unpaired) electrons. The highest BCUT2D eigenvalue weighted by Gasteiger charge is 2.58. The first kappa shape index (κ1) is 15.2. The molecule has 1 heterocycles. The van der Waals surface area contributed by atoms with Gasteiger partial charge in [0.05, 0.1) is 0 Å². The summed E-state index contributed by atoms with van der Waals surface area (Å²) >= 11 is 0. The largest absolute Gasteiger partial charge is 0.523 e. The van der Waals surface area contributed by atoms with Crippen LogP contribution in [0.1, 0.15) is 0 Å². The third-order valence-corrected chi connectivity index (χ3v) is 3.13. The first-order valence-electron chi connectivity index (χ1n) is 4.37. The molecule has 2 N–H and O–H groups in total. The Morgan fingerprint density at radius 1 is 1.32 bits per heavy atom. The minimum absolute atomic E-state index is 0.0986. The van der Waals surface area contributed by atoms with Crippen LogP contribution in [0.15, 0.2) is 12.2 Å². The van der Waals surface area contributed by atoms with Crippen LogP contribution < -0.4 is 0 Å². The average molecular weight is 305 g/mol. The van der Waals surface area contributed by atoms with Gasteiger partial charge in [-0.15, -0.1) is 0 Å². The molecular formula is C7H6F3NO7S. The zero-order valence-corrected chi connectivity index (χ0v) is 9.60. The quantitative estimate of drug-likeness (QED) is 0.433. The van der Waals surface area contributed by atoms with Crippen LogP contribution in [-0.4, -0.2) is 53.4 Å². The molecule has 8 nitrogen and oxygen atoms in total. The first-order valence-corrected chi connectivity index (χ1v) is 5.78. The predicted molar refractivity (Wildman–Crippen MR) is 50.3 cm³/mol. The smallest absolute Gasteiger partial charge is 0.477 e. The molecule has 0 aromatic rings. The maximum Gasteiger partial charge on any atom is 0.523 e. The Morgan fingerprint density at radius 3 is 2.21 bits per heavy atom. The molecular weight excluding hydrogens is 299 g/mol. The Bertz CT molecular complexity index is 539. The highest BCUT2D eigenvalue weighted by molar-refractivity contribution is 7.87. The summed E-state index contributed by atoms with van der Waals surface area (Å²) in [5, 5.41) is 17.5. The molecule has 0 fully saturated rings. The molecule has 0 aromatic carbocycles. The maximum atomic E-state index is 12.2. The molecule has 1 unspecified atom stereocenters. The van der Waals surface area contributed by atoms with E-state index in [9.17, 15) is 31.2 Å². The Balaban J connectivity index is 3.28. The number of hydrogen-bond donors (Lipinski definition) is 2. The fourth-order valence-electron chi connectivity index (χ4n) is 1.27. The molecule has 19 heavy (non-hydrogen) atoms. The van der Waals surface area contributed by atoms with Gasteiger partial charge in [0.25, 0.3) is 5.72 Å². The van der Waals surface area contributed by atoms with E-state index in [4.69, 9.17) is 10.2 Å². The second-order valence-corrected chi connectivity index (χ2v) is 4.82. The Hall–Kier alpha value is -1.82. The van der Waals surface area contributed by atoms with Gasteiger partial charge in [0.15, 0.2) is 0 Å². The number of nitrogens with zero attached hydrogens (tertiary/aromatic N) is 1. The lowest BCUT2D eigenvalue weighted by Crippen LogP contribution is -2.56. The van der Waals surface area contributed by atoms with Gasteiger partial charge in [0, 0.05) is 6.54 Å². The minimum Gasteiger partial charge on any atom is -0.477 e. The van der Waals surface area contributed by atoms with Crippen LogP contribution in [0.4, 0.5) is 18.0 Å². The molecule has 0 saturated heterocycles. The lowest BCUT2D eigenvalue weighted by Gasteiger charge is -2.30. The van der Waals surface area contributed by atoms with Gasteiger partial charge < -0.3 is 10.2 Å². The van der Waals surface area contributed by atoms with Crippen LogP contribution in [-0.2, 0) is 19.1 Å². The topological polar surface area (TPSA) is 121 Å². The molecule has 0 spiro atoms. The van der Waals surface area contributed by atoms with Gasteiger partial charge >= 0.3 is 27.7 Å². The Kier molecular flexibility index (Phi) is 3.51. The van der Waals surface area contributed by atoms with E-state index in [1.807, 2.05) is 0 Å². The zero-order valence-electron chi connectivity index (χ0n) is 8.79. The third-order valence-electron chi connectivity index (χ3n) is 2.09. The average Bonchev–Trinajstić information content (AvgIpc) is 2.60. The number of hydrogen-bond acceptors (Lipinski definition) is 5. The van der Waals surface area contributed by atoms with E-state index in [-0.39, 0.29) is 4.90 Å². The van der Waals surface area contributed by atoms with E-state index in [1.54, 1.807) is 0 Å². The second-order valence-electron chi connectivity index (χ2n) is 3.28. The van der Waals surface area contributed by atoms with Crippen molar-refractivity contribution < 1.29 is 45.6 Å². The van der Waals surface area contributed by atoms with Crippen LogP contribution >= 0.6 is 0 Å². The molecule has 1 aliphatic rings. The number of carboxylic acid groups (broad SMARTS) is 2. The third kappa shape index (κ3) is 2.49. The molecule has 108 valence electrons. The highest BCUT2D eigenvalue weighted by atomic mass is 32.2. The van der Waals surface area contributed by atoms with E-state index in [1.165, 1.54) is 0 Å². The summed E-state index contributed by atoms with van der Waals surface area (Å²) in [5.74, 6) is -2.21. The number of rotatable bonds is 3. The van der Waals surface area contributed by atoms with Gasteiger partial charge in [-0.1, -0.05) is 6.08 Å². The van der Waals surface area contributed by atoms with Crippen molar-refractivity contribution in [1.82, 2.24) is 4.90 Å². The van der Waals surface area contributed by atoms with E-state index < -0.39 is 40.0 Å². The Labute approximate surface area is 103 Å². The summed E-state index contributed by atoms with van der Waals surface area (Å²) in [6, 6.07) is 0.